The summed E-state index contributed by atoms with van der Waals surface area (Å²) < 4.78 is 5.67. The number of benzene rings is 1. The minimum atomic E-state index is -0.399. The molecule has 94 valence electrons. The summed E-state index contributed by atoms with van der Waals surface area (Å²) in [6.45, 7) is 3.48. The molecule has 1 aliphatic heterocycles. The van der Waals surface area contributed by atoms with Gasteiger partial charge in [0.05, 0.1) is 12.7 Å². The number of hydrogen-bond acceptors (Lipinski definition) is 3. The van der Waals surface area contributed by atoms with Gasteiger partial charge in [0.15, 0.2) is 0 Å². The normalized spacial score (nSPS) is 16.2. The fraction of sp³-hybridized carbons (Fsp3) is 0.571. The van der Waals surface area contributed by atoms with E-state index in [4.69, 9.17) is 10.5 Å². The molecule has 1 aromatic rings. The average molecular weight is 235 g/mol. The molecule has 0 spiro atoms. The predicted molar refractivity (Wildman–Crippen MR) is 68.2 cm³/mol. The van der Waals surface area contributed by atoms with Crippen LogP contribution in [0, 0.1) is 6.92 Å². The quantitative estimate of drug-likeness (QED) is 0.840. The second-order valence-electron chi connectivity index (χ2n) is 4.72. The molecular formula is C14H21NO2. The zero-order valence-corrected chi connectivity index (χ0v) is 10.4. The molecule has 0 fully saturated rings. The van der Waals surface area contributed by atoms with Crippen molar-refractivity contribution in [3.8, 4) is 5.75 Å². The van der Waals surface area contributed by atoms with Crippen LogP contribution in [0.5, 0.6) is 5.75 Å². The number of aliphatic hydroxyl groups is 1. The Hall–Kier alpha value is -1.06. The highest BCUT2D eigenvalue weighted by Crippen LogP contribution is 2.32. The number of hydrogen-bond donors (Lipinski definition) is 2. The Morgan fingerprint density at radius 3 is 3.06 bits per heavy atom. The SMILES string of the molecule is Cc1cc(C(O)CCCN)cc2c1OCCC2. The van der Waals surface area contributed by atoms with Crippen molar-refractivity contribution in [2.75, 3.05) is 13.2 Å². The molecule has 17 heavy (non-hydrogen) atoms. The lowest BCUT2D eigenvalue weighted by atomic mass is 9.95. The van der Waals surface area contributed by atoms with E-state index >= 15 is 0 Å². The van der Waals surface area contributed by atoms with Crippen molar-refractivity contribution in [2.24, 2.45) is 5.73 Å². The molecule has 2 rings (SSSR count). The predicted octanol–water partition coefficient (Wildman–Crippen LogP) is 2.09. The van der Waals surface area contributed by atoms with Crippen molar-refractivity contribution < 1.29 is 9.84 Å². The van der Waals surface area contributed by atoms with Crippen molar-refractivity contribution in [3.05, 3.63) is 28.8 Å². The van der Waals surface area contributed by atoms with Gasteiger partial charge in [0, 0.05) is 0 Å². The highest BCUT2D eigenvalue weighted by atomic mass is 16.5. The van der Waals surface area contributed by atoms with E-state index in [2.05, 4.69) is 6.07 Å². The molecule has 3 N–H and O–H groups in total. The van der Waals surface area contributed by atoms with Crippen LogP contribution in [-0.4, -0.2) is 18.3 Å². The van der Waals surface area contributed by atoms with Crippen LogP contribution >= 0.6 is 0 Å². The molecule has 1 unspecified atom stereocenters. The number of ether oxygens (including phenoxy) is 1. The third kappa shape index (κ3) is 2.79. The number of aliphatic hydroxyl groups excluding tert-OH is 1. The van der Waals surface area contributed by atoms with Gasteiger partial charge in [-0.15, -0.1) is 0 Å². The summed E-state index contributed by atoms with van der Waals surface area (Å²) in [4.78, 5) is 0. The molecule has 1 heterocycles. The molecule has 1 aromatic carbocycles. The maximum absolute atomic E-state index is 10.1. The van der Waals surface area contributed by atoms with Crippen molar-refractivity contribution in [2.45, 2.75) is 38.7 Å². The van der Waals surface area contributed by atoms with Crippen molar-refractivity contribution in [1.29, 1.82) is 0 Å². The minimum absolute atomic E-state index is 0.399. The van der Waals surface area contributed by atoms with Gasteiger partial charge in [-0.25, -0.2) is 0 Å². The Bertz CT molecular complexity index is 390. The largest absolute Gasteiger partial charge is 0.493 e. The van der Waals surface area contributed by atoms with Gasteiger partial charge >= 0.3 is 0 Å². The summed E-state index contributed by atoms with van der Waals surface area (Å²) in [7, 11) is 0. The molecule has 0 saturated heterocycles. The average Bonchev–Trinajstić information content (AvgIpc) is 2.36. The minimum Gasteiger partial charge on any atom is -0.493 e. The van der Waals surface area contributed by atoms with Crippen molar-refractivity contribution >= 4 is 0 Å². The van der Waals surface area contributed by atoms with Crippen LogP contribution in [-0.2, 0) is 6.42 Å². The van der Waals surface area contributed by atoms with Crippen LogP contribution in [0.2, 0.25) is 0 Å². The van der Waals surface area contributed by atoms with Gasteiger partial charge in [-0.05, 0) is 68.0 Å². The first-order valence-electron chi connectivity index (χ1n) is 6.36. The standard InChI is InChI=1S/C14H21NO2/c1-10-8-12(13(16)5-2-6-15)9-11-4-3-7-17-14(10)11/h8-9,13,16H,2-7,15H2,1H3. The summed E-state index contributed by atoms with van der Waals surface area (Å²) in [6, 6.07) is 4.12. The Kier molecular flexibility index (Phi) is 4.02. The van der Waals surface area contributed by atoms with Gasteiger partial charge < -0.3 is 15.6 Å². The lowest BCUT2D eigenvalue weighted by Gasteiger charge is -2.22. The first kappa shape index (κ1) is 12.4. The highest BCUT2D eigenvalue weighted by Gasteiger charge is 2.16. The molecule has 0 radical (unpaired) electrons. The molecule has 1 aliphatic rings. The van der Waals surface area contributed by atoms with Gasteiger partial charge in [0.2, 0.25) is 0 Å². The molecule has 0 aromatic heterocycles. The second kappa shape index (κ2) is 5.52. The van der Waals surface area contributed by atoms with E-state index in [1.54, 1.807) is 0 Å². The van der Waals surface area contributed by atoms with E-state index in [1.165, 1.54) is 5.56 Å². The first-order valence-corrected chi connectivity index (χ1v) is 6.36. The molecule has 0 amide bonds. The monoisotopic (exact) mass is 235 g/mol. The summed E-state index contributed by atoms with van der Waals surface area (Å²) in [5.41, 5.74) is 8.83. The van der Waals surface area contributed by atoms with E-state index in [1.807, 2.05) is 13.0 Å². The smallest absolute Gasteiger partial charge is 0.125 e. The van der Waals surface area contributed by atoms with Gasteiger partial charge in [0.25, 0.3) is 0 Å². The maximum atomic E-state index is 10.1. The van der Waals surface area contributed by atoms with Crippen molar-refractivity contribution in [3.63, 3.8) is 0 Å². The van der Waals surface area contributed by atoms with E-state index in [0.29, 0.717) is 6.54 Å². The summed E-state index contributed by atoms with van der Waals surface area (Å²) >= 11 is 0. The van der Waals surface area contributed by atoms with E-state index < -0.39 is 6.10 Å². The van der Waals surface area contributed by atoms with E-state index in [0.717, 1.165) is 49.2 Å². The molecule has 0 bridgehead atoms. The molecule has 0 saturated carbocycles. The Balaban J connectivity index is 2.21. The molecule has 0 aliphatic carbocycles. The lowest BCUT2D eigenvalue weighted by Crippen LogP contribution is -2.11. The molecule has 3 heteroatoms. The zero-order chi connectivity index (χ0) is 12.3. The van der Waals surface area contributed by atoms with Crippen molar-refractivity contribution in [1.82, 2.24) is 0 Å². The third-order valence-corrected chi connectivity index (χ3v) is 3.28. The Morgan fingerprint density at radius 1 is 1.47 bits per heavy atom. The Morgan fingerprint density at radius 2 is 2.29 bits per heavy atom. The zero-order valence-electron chi connectivity index (χ0n) is 10.4. The second-order valence-corrected chi connectivity index (χ2v) is 4.72. The Labute approximate surface area is 103 Å². The maximum Gasteiger partial charge on any atom is 0.125 e. The topological polar surface area (TPSA) is 55.5 Å². The number of rotatable bonds is 4. The lowest BCUT2D eigenvalue weighted by molar-refractivity contribution is 0.165. The summed E-state index contributed by atoms with van der Waals surface area (Å²) in [5.74, 6) is 1.02. The molecule has 3 nitrogen and oxygen atoms in total. The molecular weight excluding hydrogens is 214 g/mol. The van der Waals surface area contributed by atoms with Crippen LogP contribution in [0.15, 0.2) is 12.1 Å². The molecule has 1 atom stereocenters. The summed E-state index contributed by atoms with van der Waals surface area (Å²) in [6.07, 6.45) is 3.30. The van der Waals surface area contributed by atoms with Crippen LogP contribution in [0.25, 0.3) is 0 Å². The number of fused-ring (bicyclic) bond motifs is 1. The van der Waals surface area contributed by atoms with Crippen LogP contribution in [0.1, 0.15) is 42.1 Å². The van der Waals surface area contributed by atoms with Crippen LogP contribution in [0.3, 0.4) is 0 Å². The van der Waals surface area contributed by atoms with Gasteiger partial charge in [-0.2, -0.15) is 0 Å². The van der Waals surface area contributed by atoms with Gasteiger partial charge in [0.1, 0.15) is 5.75 Å². The summed E-state index contributed by atoms with van der Waals surface area (Å²) in [5, 5.41) is 10.1. The highest BCUT2D eigenvalue weighted by molar-refractivity contribution is 5.45. The number of nitrogens with two attached hydrogens (primary N) is 1. The van der Waals surface area contributed by atoms with Crippen LogP contribution in [0.4, 0.5) is 0 Å². The van der Waals surface area contributed by atoms with E-state index in [-0.39, 0.29) is 0 Å². The van der Waals surface area contributed by atoms with Gasteiger partial charge in [-0.3, -0.25) is 0 Å². The van der Waals surface area contributed by atoms with E-state index in [9.17, 15) is 5.11 Å². The fourth-order valence-electron chi connectivity index (χ4n) is 2.38. The third-order valence-electron chi connectivity index (χ3n) is 3.28. The first-order chi connectivity index (χ1) is 8.22. The van der Waals surface area contributed by atoms with Gasteiger partial charge in [-0.1, -0.05) is 0 Å². The van der Waals surface area contributed by atoms with Crippen LogP contribution < -0.4 is 10.5 Å². The fourth-order valence-corrected chi connectivity index (χ4v) is 2.38. The number of aryl methyl sites for hydroxylation is 2.